The van der Waals surface area contributed by atoms with Crippen molar-refractivity contribution in [2.75, 3.05) is 4.90 Å². The molecule has 42 heavy (non-hydrogen) atoms. The van der Waals surface area contributed by atoms with Crippen LogP contribution in [0.5, 0.6) is 5.75 Å². The number of nitrogens with two attached hydrogens (primary N) is 1. The molecule has 0 saturated heterocycles. The van der Waals surface area contributed by atoms with Crippen LogP contribution < -0.4 is 15.4 Å². The summed E-state index contributed by atoms with van der Waals surface area (Å²) in [5.74, 6) is -0.452. The van der Waals surface area contributed by atoms with Gasteiger partial charge in [0, 0.05) is 28.4 Å². The highest BCUT2D eigenvalue weighted by Gasteiger charge is 2.45. The number of nitrogens with zero attached hydrogens (tertiary/aromatic N) is 2. The van der Waals surface area contributed by atoms with Gasteiger partial charge in [-0.25, -0.2) is 4.39 Å². The van der Waals surface area contributed by atoms with Gasteiger partial charge in [0.25, 0.3) is 0 Å². The van der Waals surface area contributed by atoms with Gasteiger partial charge in [0.2, 0.25) is 0 Å². The van der Waals surface area contributed by atoms with Crippen LogP contribution in [0.2, 0.25) is 10.0 Å². The molecular weight excluding hydrogens is 572 g/mol. The second-order valence-corrected chi connectivity index (χ2v) is 12.7. The zero-order valence-corrected chi connectivity index (χ0v) is 25.8. The highest BCUT2D eigenvalue weighted by Crippen LogP contribution is 2.51. The number of rotatable bonds is 5. The van der Waals surface area contributed by atoms with E-state index in [1.807, 2.05) is 56.0 Å². The number of carbonyl (C=O) groups excluding carboxylic acids is 1. The van der Waals surface area contributed by atoms with Crippen molar-refractivity contribution in [1.29, 1.82) is 5.26 Å². The van der Waals surface area contributed by atoms with Crippen LogP contribution in [-0.2, 0) is 11.4 Å². The van der Waals surface area contributed by atoms with E-state index in [1.54, 1.807) is 0 Å². The molecule has 2 aliphatic rings. The lowest BCUT2D eigenvalue weighted by atomic mass is 9.68. The number of hydrogen-bond acceptors (Lipinski definition) is 5. The number of benzene rings is 3. The second-order valence-electron chi connectivity index (χ2n) is 11.9. The summed E-state index contributed by atoms with van der Waals surface area (Å²) in [6.07, 6.45) is 0.951. The number of ether oxygens (including phenoxy) is 1. The summed E-state index contributed by atoms with van der Waals surface area (Å²) in [6.45, 7) is 10.2. The average molecular weight is 605 g/mol. The molecule has 0 saturated carbocycles. The fourth-order valence-corrected chi connectivity index (χ4v) is 6.36. The number of anilines is 1. The Labute approximate surface area is 256 Å². The fraction of sp³-hybridized carbons (Fsp3) is 0.294. The van der Waals surface area contributed by atoms with Crippen molar-refractivity contribution >= 4 is 34.7 Å². The predicted molar refractivity (Wildman–Crippen MR) is 165 cm³/mol. The third-order valence-electron chi connectivity index (χ3n) is 8.11. The van der Waals surface area contributed by atoms with E-state index in [-0.39, 0.29) is 28.6 Å². The summed E-state index contributed by atoms with van der Waals surface area (Å²) in [6, 6.07) is 16.0. The Morgan fingerprint density at radius 1 is 1.02 bits per heavy atom. The molecule has 1 aliphatic heterocycles. The molecule has 1 atom stereocenters. The lowest BCUT2D eigenvalue weighted by Gasteiger charge is -2.44. The van der Waals surface area contributed by atoms with Crippen LogP contribution >= 0.6 is 23.2 Å². The van der Waals surface area contributed by atoms with E-state index in [0.29, 0.717) is 40.4 Å². The molecule has 0 fully saturated rings. The maximum absolute atomic E-state index is 14.0. The third-order valence-corrected chi connectivity index (χ3v) is 8.81. The lowest BCUT2D eigenvalue weighted by Crippen LogP contribution is -2.42. The third kappa shape index (κ3) is 5.40. The molecule has 3 aromatic carbocycles. The van der Waals surface area contributed by atoms with Crippen LogP contribution in [0, 0.1) is 43.3 Å². The fourth-order valence-electron chi connectivity index (χ4n) is 5.97. The maximum atomic E-state index is 14.0. The summed E-state index contributed by atoms with van der Waals surface area (Å²) < 4.78 is 19.5. The molecule has 0 amide bonds. The van der Waals surface area contributed by atoms with Crippen molar-refractivity contribution in [3.8, 4) is 11.8 Å². The van der Waals surface area contributed by atoms with Gasteiger partial charge < -0.3 is 10.5 Å². The maximum Gasteiger partial charge on any atom is 0.162 e. The van der Waals surface area contributed by atoms with E-state index < -0.39 is 11.7 Å². The topological polar surface area (TPSA) is 79.3 Å². The minimum absolute atomic E-state index is 0.00872. The van der Waals surface area contributed by atoms with Gasteiger partial charge in [-0.2, -0.15) is 5.26 Å². The van der Waals surface area contributed by atoms with Gasteiger partial charge in [0.05, 0.1) is 22.6 Å². The molecule has 0 radical (unpaired) electrons. The van der Waals surface area contributed by atoms with Crippen LogP contribution in [0.3, 0.4) is 0 Å². The first-order valence-electron chi connectivity index (χ1n) is 13.7. The number of Topliss-reactive ketones (excluding diaryl/α,β-unsaturated/α-hetero) is 1. The predicted octanol–water partition coefficient (Wildman–Crippen LogP) is 8.58. The largest absolute Gasteiger partial charge is 0.487 e. The molecule has 1 heterocycles. The molecule has 1 unspecified atom stereocenters. The van der Waals surface area contributed by atoms with Crippen LogP contribution in [-0.4, -0.2) is 5.78 Å². The quantitative estimate of drug-likeness (QED) is 0.316. The summed E-state index contributed by atoms with van der Waals surface area (Å²) in [5.41, 5.74) is 13.4. The zero-order chi connectivity index (χ0) is 30.5. The minimum atomic E-state index is -0.639. The summed E-state index contributed by atoms with van der Waals surface area (Å²) in [7, 11) is 0. The van der Waals surface area contributed by atoms with Gasteiger partial charge in [0.15, 0.2) is 5.78 Å². The van der Waals surface area contributed by atoms with Crippen molar-refractivity contribution < 1.29 is 13.9 Å². The molecule has 0 spiro atoms. The van der Waals surface area contributed by atoms with Gasteiger partial charge in [-0.05, 0) is 90.8 Å². The Morgan fingerprint density at radius 3 is 2.43 bits per heavy atom. The molecule has 216 valence electrons. The standard InChI is InChI=1S/C34H32Cl2FN3O2/c1-18-6-8-23(13-26(18)35)40-28-14-34(4,5)15-29(41)32(28)31(25(16-38)33(40)39)24-11-21(19(2)10-20(24)3)17-42-30-9-7-22(37)12-27(30)36/h6-13,31H,14-15,17,39H2,1-5H3. The average Bonchev–Trinajstić information content (AvgIpc) is 2.90. The van der Waals surface area contributed by atoms with E-state index in [4.69, 9.17) is 33.7 Å². The van der Waals surface area contributed by atoms with Crippen LogP contribution in [0.15, 0.2) is 71.2 Å². The van der Waals surface area contributed by atoms with Crippen LogP contribution in [0.25, 0.3) is 0 Å². The molecule has 8 heteroatoms. The number of nitriles is 1. The van der Waals surface area contributed by atoms with Crippen molar-refractivity contribution in [2.45, 2.75) is 60.0 Å². The van der Waals surface area contributed by atoms with Crippen molar-refractivity contribution in [2.24, 2.45) is 11.1 Å². The van der Waals surface area contributed by atoms with Crippen LogP contribution in [0.4, 0.5) is 10.1 Å². The van der Waals surface area contributed by atoms with Gasteiger partial charge in [-0.1, -0.05) is 55.2 Å². The molecule has 5 nitrogen and oxygen atoms in total. The Bertz CT molecular complexity index is 1740. The smallest absolute Gasteiger partial charge is 0.162 e. The lowest BCUT2D eigenvalue weighted by molar-refractivity contribution is -0.118. The van der Waals surface area contributed by atoms with Gasteiger partial charge in [0.1, 0.15) is 24.0 Å². The van der Waals surface area contributed by atoms with Crippen molar-refractivity contribution in [3.63, 3.8) is 0 Å². The number of allylic oxidation sites excluding steroid dienone is 3. The van der Waals surface area contributed by atoms with E-state index in [0.717, 1.165) is 33.5 Å². The van der Waals surface area contributed by atoms with E-state index in [2.05, 4.69) is 19.9 Å². The summed E-state index contributed by atoms with van der Waals surface area (Å²) >= 11 is 12.7. The molecule has 3 aromatic rings. The Hall–Kier alpha value is -3.79. The van der Waals surface area contributed by atoms with Crippen molar-refractivity contribution in [3.05, 3.63) is 115 Å². The Kier molecular flexibility index (Phi) is 7.87. The zero-order valence-electron chi connectivity index (χ0n) is 24.2. The first-order valence-corrected chi connectivity index (χ1v) is 14.5. The molecule has 1 aliphatic carbocycles. The van der Waals surface area contributed by atoms with Gasteiger partial charge >= 0.3 is 0 Å². The second kappa shape index (κ2) is 11.1. The number of halogens is 3. The molecule has 0 aromatic heterocycles. The highest BCUT2D eigenvalue weighted by molar-refractivity contribution is 6.32. The van der Waals surface area contributed by atoms with Crippen molar-refractivity contribution in [1.82, 2.24) is 0 Å². The minimum Gasteiger partial charge on any atom is -0.487 e. The van der Waals surface area contributed by atoms with Gasteiger partial charge in [-0.15, -0.1) is 0 Å². The van der Waals surface area contributed by atoms with E-state index >= 15 is 0 Å². The number of aryl methyl sites for hydroxylation is 3. The van der Waals surface area contributed by atoms with E-state index in [9.17, 15) is 14.4 Å². The molecular formula is C34H32Cl2FN3O2. The Morgan fingerprint density at radius 2 is 1.76 bits per heavy atom. The normalized spacial score (nSPS) is 18.2. The monoisotopic (exact) mass is 603 g/mol. The molecule has 5 rings (SSSR count). The van der Waals surface area contributed by atoms with E-state index in [1.165, 1.54) is 18.2 Å². The molecule has 0 bridgehead atoms. The van der Waals surface area contributed by atoms with Crippen LogP contribution in [0.1, 0.15) is 60.4 Å². The SMILES string of the molecule is Cc1ccc(N2C(N)=C(C#N)C(c3cc(COc4ccc(F)cc4Cl)c(C)cc3C)C3=C2CC(C)(C)CC3=O)cc1Cl. The van der Waals surface area contributed by atoms with Gasteiger partial charge in [-0.3, -0.25) is 9.69 Å². The number of carbonyl (C=O) groups is 1. The highest BCUT2D eigenvalue weighted by atomic mass is 35.5. The first kappa shape index (κ1) is 29.7. The first-order chi connectivity index (χ1) is 19.8. The summed E-state index contributed by atoms with van der Waals surface area (Å²) in [4.78, 5) is 15.8. The number of hydrogen-bond donors (Lipinski definition) is 1. The number of ketones is 1. The Balaban J connectivity index is 1.66. The molecule has 2 N–H and O–H groups in total. The summed E-state index contributed by atoms with van der Waals surface area (Å²) in [5, 5.41) is 11.3.